The maximum absolute atomic E-state index is 12.0. The van der Waals surface area contributed by atoms with Crippen LogP contribution in [-0.2, 0) is 21.9 Å². The molecule has 0 aliphatic heterocycles. The van der Waals surface area contributed by atoms with E-state index in [-0.39, 0.29) is 18.3 Å². The Kier molecular flexibility index (Phi) is 6.42. The molecule has 1 heterocycles. The number of carbonyl (C=O) groups is 1. The number of fused-ring (bicyclic) bond motifs is 1. The van der Waals surface area contributed by atoms with Crippen molar-refractivity contribution in [1.29, 1.82) is 0 Å². The summed E-state index contributed by atoms with van der Waals surface area (Å²) >= 11 is 7.52. The van der Waals surface area contributed by atoms with Gasteiger partial charge >= 0.3 is 11.6 Å². The summed E-state index contributed by atoms with van der Waals surface area (Å²) in [6, 6.07) is 14.0. The van der Waals surface area contributed by atoms with Crippen LogP contribution >= 0.6 is 23.4 Å². The lowest BCUT2D eigenvalue weighted by atomic mass is 10.1. The average Bonchev–Trinajstić information content (AvgIpc) is 2.67. The molecule has 0 atom stereocenters. The van der Waals surface area contributed by atoms with Crippen LogP contribution in [0.4, 0.5) is 0 Å². The Morgan fingerprint density at radius 3 is 2.74 bits per heavy atom. The Bertz CT molecular complexity index is 1010. The van der Waals surface area contributed by atoms with Crippen LogP contribution in [0.1, 0.15) is 11.1 Å². The molecule has 0 amide bonds. The van der Waals surface area contributed by atoms with Gasteiger partial charge in [0.25, 0.3) is 0 Å². The fourth-order valence-corrected chi connectivity index (χ4v) is 3.62. The number of thioether (sulfide) groups is 1. The highest BCUT2D eigenvalue weighted by molar-refractivity contribution is 7.99. The standard InChI is InChI=1S/C20H17ClO5S/c1-24-15-6-7-16-14(8-19(22)26-18(16)9-15)10-25-20(23)12-27-11-13-4-2-3-5-17(13)21/h2-9H,10-12H2,1H3. The van der Waals surface area contributed by atoms with E-state index in [1.54, 1.807) is 18.2 Å². The first-order valence-electron chi connectivity index (χ1n) is 8.14. The molecule has 0 fully saturated rings. The highest BCUT2D eigenvalue weighted by Crippen LogP contribution is 2.24. The number of benzene rings is 2. The number of rotatable bonds is 7. The van der Waals surface area contributed by atoms with Crippen molar-refractivity contribution in [2.45, 2.75) is 12.4 Å². The predicted molar refractivity (Wildman–Crippen MR) is 106 cm³/mol. The van der Waals surface area contributed by atoms with Crippen molar-refractivity contribution < 1.29 is 18.7 Å². The molecule has 0 saturated heterocycles. The molecule has 5 nitrogen and oxygen atoms in total. The zero-order valence-corrected chi connectivity index (χ0v) is 16.1. The second kappa shape index (κ2) is 8.97. The summed E-state index contributed by atoms with van der Waals surface area (Å²) in [6.45, 7) is -0.0000840. The quantitative estimate of drug-likeness (QED) is 0.428. The lowest BCUT2D eigenvalue weighted by Crippen LogP contribution is -2.09. The van der Waals surface area contributed by atoms with Gasteiger partial charge in [-0.1, -0.05) is 29.8 Å². The van der Waals surface area contributed by atoms with Crippen LogP contribution in [0.2, 0.25) is 5.02 Å². The first-order valence-corrected chi connectivity index (χ1v) is 9.67. The number of hydrogen-bond donors (Lipinski definition) is 0. The molecule has 0 bridgehead atoms. The first-order chi connectivity index (χ1) is 13.1. The Morgan fingerprint density at radius 2 is 1.96 bits per heavy atom. The van der Waals surface area contributed by atoms with Crippen molar-refractivity contribution in [3.8, 4) is 5.75 Å². The Labute approximate surface area is 165 Å². The van der Waals surface area contributed by atoms with Crippen LogP contribution in [-0.4, -0.2) is 18.8 Å². The zero-order chi connectivity index (χ0) is 19.2. The zero-order valence-electron chi connectivity index (χ0n) is 14.6. The third-order valence-corrected chi connectivity index (χ3v) is 5.19. The Hall–Kier alpha value is -2.44. The molecule has 0 N–H and O–H groups in total. The van der Waals surface area contributed by atoms with E-state index in [1.807, 2.05) is 24.3 Å². The van der Waals surface area contributed by atoms with Gasteiger partial charge < -0.3 is 13.9 Å². The van der Waals surface area contributed by atoms with Crippen LogP contribution in [0.5, 0.6) is 5.75 Å². The fraction of sp³-hybridized carbons (Fsp3) is 0.200. The van der Waals surface area contributed by atoms with E-state index in [1.165, 1.54) is 24.9 Å². The van der Waals surface area contributed by atoms with Crippen LogP contribution in [0.3, 0.4) is 0 Å². The maximum atomic E-state index is 12.0. The lowest BCUT2D eigenvalue weighted by molar-refractivity contribution is -0.141. The van der Waals surface area contributed by atoms with Crippen molar-refractivity contribution in [3.05, 3.63) is 75.1 Å². The summed E-state index contributed by atoms with van der Waals surface area (Å²) in [5, 5.41) is 1.38. The maximum Gasteiger partial charge on any atom is 0.336 e. The molecule has 0 aliphatic rings. The van der Waals surface area contributed by atoms with Gasteiger partial charge in [-0.15, -0.1) is 11.8 Å². The van der Waals surface area contributed by atoms with Gasteiger partial charge in [-0.2, -0.15) is 0 Å². The average molecular weight is 405 g/mol. The Balaban J connectivity index is 1.60. The number of methoxy groups -OCH3 is 1. The minimum Gasteiger partial charge on any atom is -0.497 e. The molecule has 3 aromatic rings. The van der Waals surface area contributed by atoms with Crippen molar-refractivity contribution in [1.82, 2.24) is 0 Å². The van der Waals surface area contributed by atoms with Crippen molar-refractivity contribution in [2.24, 2.45) is 0 Å². The molecule has 7 heteroatoms. The van der Waals surface area contributed by atoms with E-state index >= 15 is 0 Å². The van der Waals surface area contributed by atoms with E-state index < -0.39 is 5.63 Å². The van der Waals surface area contributed by atoms with Gasteiger partial charge in [-0.25, -0.2) is 4.79 Å². The molecule has 140 valence electrons. The molecule has 0 saturated carbocycles. The van der Waals surface area contributed by atoms with Crippen LogP contribution in [0.25, 0.3) is 11.0 Å². The molecule has 1 aromatic heterocycles. The minimum atomic E-state index is -0.505. The van der Waals surface area contributed by atoms with Gasteiger partial charge in [0.15, 0.2) is 0 Å². The van der Waals surface area contributed by atoms with Crippen LogP contribution < -0.4 is 10.4 Å². The second-order valence-corrected chi connectivity index (χ2v) is 7.09. The molecule has 27 heavy (non-hydrogen) atoms. The van der Waals surface area contributed by atoms with Gasteiger partial charge in [0.2, 0.25) is 0 Å². The van der Waals surface area contributed by atoms with Crippen molar-refractivity contribution >= 4 is 40.3 Å². The van der Waals surface area contributed by atoms with Gasteiger partial charge in [0.05, 0.1) is 12.9 Å². The normalized spacial score (nSPS) is 10.7. The van der Waals surface area contributed by atoms with Gasteiger partial charge in [0, 0.05) is 33.9 Å². The van der Waals surface area contributed by atoms with Crippen LogP contribution in [0, 0.1) is 0 Å². The van der Waals surface area contributed by atoms with E-state index in [2.05, 4.69) is 0 Å². The largest absolute Gasteiger partial charge is 0.497 e. The predicted octanol–water partition coefficient (Wildman–Crippen LogP) is 4.43. The number of ether oxygens (including phenoxy) is 2. The van der Waals surface area contributed by atoms with Crippen molar-refractivity contribution in [3.63, 3.8) is 0 Å². The number of esters is 1. The van der Waals surface area contributed by atoms with Gasteiger partial charge in [-0.3, -0.25) is 4.79 Å². The van der Waals surface area contributed by atoms with E-state index in [9.17, 15) is 9.59 Å². The summed E-state index contributed by atoms with van der Waals surface area (Å²) in [5.41, 5.74) is 1.45. The number of hydrogen-bond acceptors (Lipinski definition) is 6. The molecule has 0 aliphatic carbocycles. The minimum absolute atomic E-state index is 0.0000840. The highest BCUT2D eigenvalue weighted by Gasteiger charge is 2.10. The molecule has 3 rings (SSSR count). The summed E-state index contributed by atoms with van der Waals surface area (Å²) in [4.78, 5) is 23.8. The molecule has 0 unspecified atom stereocenters. The molecule has 0 radical (unpaired) electrons. The van der Waals surface area contributed by atoms with E-state index in [4.69, 9.17) is 25.5 Å². The van der Waals surface area contributed by atoms with Crippen LogP contribution in [0.15, 0.2) is 57.7 Å². The monoisotopic (exact) mass is 404 g/mol. The molecule has 0 spiro atoms. The lowest BCUT2D eigenvalue weighted by Gasteiger charge is -2.08. The van der Waals surface area contributed by atoms with E-state index in [0.29, 0.717) is 33.1 Å². The summed E-state index contributed by atoms with van der Waals surface area (Å²) in [6.07, 6.45) is 0. The fourth-order valence-electron chi connectivity index (χ4n) is 2.52. The third kappa shape index (κ3) is 5.05. The molecular formula is C20H17ClO5S. The third-order valence-electron chi connectivity index (χ3n) is 3.86. The highest BCUT2D eigenvalue weighted by atomic mass is 35.5. The summed E-state index contributed by atoms with van der Waals surface area (Å²) in [7, 11) is 1.53. The summed E-state index contributed by atoms with van der Waals surface area (Å²) < 4.78 is 15.6. The first kappa shape index (κ1) is 19.3. The molecular weight excluding hydrogens is 388 g/mol. The van der Waals surface area contributed by atoms with Gasteiger partial charge in [-0.05, 0) is 23.8 Å². The Morgan fingerprint density at radius 1 is 1.15 bits per heavy atom. The number of carbonyl (C=O) groups excluding carboxylic acids is 1. The summed E-state index contributed by atoms with van der Waals surface area (Å²) in [5.74, 6) is 1.03. The van der Waals surface area contributed by atoms with E-state index in [0.717, 1.165) is 5.56 Å². The number of halogens is 1. The van der Waals surface area contributed by atoms with Crippen molar-refractivity contribution in [2.75, 3.05) is 12.9 Å². The SMILES string of the molecule is COc1ccc2c(COC(=O)CSCc3ccccc3Cl)cc(=O)oc2c1. The second-order valence-electron chi connectivity index (χ2n) is 5.70. The smallest absolute Gasteiger partial charge is 0.336 e. The topological polar surface area (TPSA) is 65.7 Å². The van der Waals surface area contributed by atoms with Gasteiger partial charge in [0.1, 0.15) is 17.9 Å². The molecule has 2 aromatic carbocycles.